The highest BCUT2D eigenvalue weighted by molar-refractivity contribution is 4.90. The third-order valence-corrected chi connectivity index (χ3v) is 3.59. The van der Waals surface area contributed by atoms with Crippen molar-refractivity contribution in [1.29, 1.82) is 0 Å². The molecule has 1 atom stereocenters. The Morgan fingerprint density at radius 1 is 1.23 bits per heavy atom. The summed E-state index contributed by atoms with van der Waals surface area (Å²) < 4.78 is 0. The maximum absolute atomic E-state index is 2.70. The van der Waals surface area contributed by atoms with E-state index in [0.29, 0.717) is 5.41 Å². The first-order chi connectivity index (χ1) is 6.07. The van der Waals surface area contributed by atoms with E-state index in [1.165, 1.54) is 39.0 Å². The first-order valence-electron chi connectivity index (χ1n) is 5.49. The number of rotatable bonds is 0. The molecule has 0 radical (unpaired) electrons. The summed E-state index contributed by atoms with van der Waals surface area (Å²) in [5.74, 6) is 0. The van der Waals surface area contributed by atoms with Crippen LogP contribution >= 0.6 is 0 Å². The van der Waals surface area contributed by atoms with Crippen molar-refractivity contribution in [2.75, 3.05) is 33.2 Å². The van der Waals surface area contributed by atoms with Crippen molar-refractivity contribution in [2.45, 2.75) is 32.7 Å². The summed E-state index contributed by atoms with van der Waals surface area (Å²) in [5, 5.41) is 0. The molecule has 2 aliphatic rings. The van der Waals surface area contributed by atoms with Gasteiger partial charge in [-0.3, -0.25) is 4.90 Å². The Morgan fingerprint density at radius 2 is 2.00 bits per heavy atom. The van der Waals surface area contributed by atoms with Crippen molar-refractivity contribution in [1.82, 2.24) is 9.80 Å². The average molecular weight is 182 g/mol. The zero-order valence-corrected chi connectivity index (χ0v) is 9.21. The fourth-order valence-corrected chi connectivity index (χ4v) is 2.72. The lowest BCUT2D eigenvalue weighted by Gasteiger charge is -2.48. The Balaban J connectivity index is 1.98. The van der Waals surface area contributed by atoms with E-state index in [4.69, 9.17) is 0 Å². The van der Waals surface area contributed by atoms with Crippen molar-refractivity contribution in [3.63, 3.8) is 0 Å². The molecule has 0 amide bonds. The predicted molar refractivity (Wildman–Crippen MR) is 55.9 cm³/mol. The van der Waals surface area contributed by atoms with E-state index in [-0.39, 0.29) is 0 Å². The second kappa shape index (κ2) is 3.25. The Bertz CT molecular complexity index is 189. The summed E-state index contributed by atoms with van der Waals surface area (Å²) >= 11 is 0. The van der Waals surface area contributed by atoms with E-state index in [1.54, 1.807) is 0 Å². The van der Waals surface area contributed by atoms with Crippen LogP contribution in [0.1, 0.15) is 26.7 Å². The summed E-state index contributed by atoms with van der Waals surface area (Å²) in [6.45, 7) is 9.95. The van der Waals surface area contributed by atoms with Crippen molar-refractivity contribution in [3.8, 4) is 0 Å². The minimum Gasteiger partial charge on any atom is -0.304 e. The van der Waals surface area contributed by atoms with Gasteiger partial charge in [-0.25, -0.2) is 0 Å². The molecule has 1 unspecified atom stereocenters. The predicted octanol–water partition coefficient (Wildman–Crippen LogP) is 1.42. The van der Waals surface area contributed by atoms with Crippen LogP contribution in [0, 0.1) is 5.41 Å². The lowest BCUT2D eigenvalue weighted by atomic mass is 9.80. The number of fused-ring (bicyclic) bond motifs is 1. The van der Waals surface area contributed by atoms with Crippen LogP contribution < -0.4 is 0 Å². The van der Waals surface area contributed by atoms with E-state index in [0.717, 1.165) is 6.04 Å². The van der Waals surface area contributed by atoms with Gasteiger partial charge in [-0.2, -0.15) is 0 Å². The van der Waals surface area contributed by atoms with Gasteiger partial charge < -0.3 is 4.90 Å². The molecule has 0 aliphatic carbocycles. The zero-order valence-electron chi connectivity index (χ0n) is 9.21. The maximum atomic E-state index is 2.70. The summed E-state index contributed by atoms with van der Waals surface area (Å²) in [7, 11) is 2.25. The van der Waals surface area contributed by atoms with Crippen LogP contribution in [0.25, 0.3) is 0 Å². The van der Waals surface area contributed by atoms with Crippen LogP contribution in [-0.4, -0.2) is 49.1 Å². The van der Waals surface area contributed by atoms with Gasteiger partial charge >= 0.3 is 0 Å². The summed E-state index contributed by atoms with van der Waals surface area (Å²) in [5.41, 5.74) is 0.562. The smallest absolute Gasteiger partial charge is 0.0224 e. The molecular weight excluding hydrogens is 160 g/mol. The molecule has 0 saturated carbocycles. The van der Waals surface area contributed by atoms with Crippen LogP contribution in [0.3, 0.4) is 0 Å². The molecule has 2 saturated heterocycles. The van der Waals surface area contributed by atoms with Crippen LogP contribution in [0.4, 0.5) is 0 Å². The molecular formula is C11H22N2. The number of piperidine rings is 1. The van der Waals surface area contributed by atoms with Crippen LogP contribution in [0.5, 0.6) is 0 Å². The van der Waals surface area contributed by atoms with Gasteiger partial charge in [0.1, 0.15) is 0 Å². The molecule has 0 aromatic heterocycles. The molecule has 76 valence electrons. The standard InChI is InChI=1S/C11H22N2/c1-11(2)5-4-10-8-12(3)6-7-13(10)9-11/h10H,4-9H2,1-3H3. The van der Waals surface area contributed by atoms with Crippen molar-refractivity contribution in [3.05, 3.63) is 0 Å². The quantitative estimate of drug-likeness (QED) is 0.559. The molecule has 2 aliphatic heterocycles. The monoisotopic (exact) mass is 182 g/mol. The molecule has 0 aromatic carbocycles. The molecule has 2 heteroatoms. The van der Waals surface area contributed by atoms with Gasteiger partial charge in [-0.15, -0.1) is 0 Å². The fraction of sp³-hybridized carbons (Fsp3) is 1.00. The van der Waals surface area contributed by atoms with E-state index >= 15 is 0 Å². The molecule has 0 aromatic rings. The Hall–Kier alpha value is -0.0800. The molecule has 0 spiro atoms. The number of likely N-dealkylation sites (N-methyl/N-ethyl adjacent to an activating group) is 1. The van der Waals surface area contributed by atoms with E-state index in [9.17, 15) is 0 Å². The topological polar surface area (TPSA) is 6.48 Å². The minimum atomic E-state index is 0.562. The third-order valence-electron chi connectivity index (χ3n) is 3.59. The molecule has 2 rings (SSSR count). The van der Waals surface area contributed by atoms with Gasteiger partial charge in [0.25, 0.3) is 0 Å². The first-order valence-corrected chi connectivity index (χ1v) is 5.49. The molecule has 0 N–H and O–H groups in total. The second-order valence-electron chi connectivity index (χ2n) is 5.59. The van der Waals surface area contributed by atoms with E-state index in [2.05, 4.69) is 30.7 Å². The molecule has 0 bridgehead atoms. The highest BCUT2D eigenvalue weighted by Gasteiger charge is 2.35. The van der Waals surface area contributed by atoms with Gasteiger partial charge in [0, 0.05) is 32.2 Å². The lowest BCUT2D eigenvalue weighted by molar-refractivity contribution is 0.0110. The number of nitrogens with zero attached hydrogens (tertiary/aromatic N) is 2. The van der Waals surface area contributed by atoms with Gasteiger partial charge in [0.15, 0.2) is 0 Å². The normalized spacial score (nSPS) is 35.8. The van der Waals surface area contributed by atoms with Crippen molar-refractivity contribution in [2.24, 2.45) is 5.41 Å². The molecule has 2 heterocycles. The third kappa shape index (κ3) is 2.05. The largest absolute Gasteiger partial charge is 0.304 e. The average Bonchev–Trinajstić information content (AvgIpc) is 2.05. The maximum Gasteiger partial charge on any atom is 0.0224 e. The SMILES string of the molecule is CN1CCN2CC(C)(C)CCC2C1. The summed E-state index contributed by atoms with van der Waals surface area (Å²) in [6.07, 6.45) is 2.80. The Labute approximate surface area is 81.9 Å². The number of piperazine rings is 1. The van der Waals surface area contributed by atoms with Gasteiger partial charge in [0.05, 0.1) is 0 Å². The highest BCUT2D eigenvalue weighted by atomic mass is 15.3. The van der Waals surface area contributed by atoms with Crippen LogP contribution in [0.15, 0.2) is 0 Å². The number of hydrogen-bond donors (Lipinski definition) is 0. The van der Waals surface area contributed by atoms with Crippen molar-refractivity contribution < 1.29 is 0 Å². The van der Waals surface area contributed by atoms with Gasteiger partial charge in [-0.1, -0.05) is 13.8 Å². The Kier molecular flexibility index (Phi) is 2.37. The summed E-state index contributed by atoms with van der Waals surface area (Å²) in [4.78, 5) is 5.17. The van der Waals surface area contributed by atoms with Crippen LogP contribution in [-0.2, 0) is 0 Å². The molecule has 13 heavy (non-hydrogen) atoms. The lowest BCUT2D eigenvalue weighted by Crippen LogP contribution is -2.56. The highest BCUT2D eigenvalue weighted by Crippen LogP contribution is 2.32. The number of hydrogen-bond acceptors (Lipinski definition) is 2. The second-order valence-corrected chi connectivity index (χ2v) is 5.59. The zero-order chi connectivity index (χ0) is 9.47. The van der Waals surface area contributed by atoms with E-state index < -0.39 is 0 Å². The van der Waals surface area contributed by atoms with Gasteiger partial charge in [-0.05, 0) is 25.3 Å². The Morgan fingerprint density at radius 3 is 2.77 bits per heavy atom. The van der Waals surface area contributed by atoms with Crippen molar-refractivity contribution >= 4 is 0 Å². The van der Waals surface area contributed by atoms with E-state index in [1.807, 2.05) is 0 Å². The van der Waals surface area contributed by atoms with Crippen LogP contribution in [0.2, 0.25) is 0 Å². The van der Waals surface area contributed by atoms with Gasteiger partial charge in [0.2, 0.25) is 0 Å². The molecule has 2 fully saturated rings. The fourth-order valence-electron chi connectivity index (χ4n) is 2.72. The first kappa shape index (κ1) is 9.47. The molecule has 2 nitrogen and oxygen atoms in total. The summed E-state index contributed by atoms with van der Waals surface area (Å²) in [6, 6.07) is 0.853. The minimum absolute atomic E-state index is 0.562.